The van der Waals surface area contributed by atoms with Crippen molar-refractivity contribution in [2.24, 2.45) is 0 Å². The van der Waals surface area contributed by atoms with Crippen molar-refractivity contribution >= 4 is 27.5 Å². The molecule has 0 radical (unpaired) electrons. The first kappa shape index (κ1) is 21.3. The van der Waals surface area contributed by atoms with Crippen LogP contribution in [-0.2, 0) is 29.8 Å². The third kappa shape index (κ3) is 3.74. The molecule has 0 aliphatic carbocycles. The summed E-state index contributed by atoms with van der Waals surface area (Å²) < 4.78 is 32.9. The van der Waals surface area contributed by atoms with E-state index in [1.807, 2.05) is 0 Å². The standard InChI is InChI=1S/C21H29N3O5S/c1-21(2)17-12-16(30(27,28)23-9-3-4-10-23)7-8-18(17)24(20(21)26)14-19(25)22-13-15-6-5-11-29-15/h7-8,12,15H,3-6,9-11,13-14H2,1-2H3,(H,22,25)/t15-/m0/s1. The van der Waals surface area contributed by atoms with Gasteiger partial charge in [0, 0.05) is 31.9 Å². The van der Waals surface area contributed by atoms with E-state index in [1.54, 1.807) is 32.0 Å². The van der Waals surface area contributed by atoms with E-state index >= 15 is 0 Å². The summed E-state index contributed by atoms with van der Waals surface area (Å²) in [6, 6.07) is 4.79. The van der Waals surface area contributed by atoms with Crippen LogP contribution in [0.5, 0.6) is 0 Å². The van der Waals surface area contributed by atoms with E-state index in [2.05, 4.69) is 5.32 Å². The number of hydrogen-bond acceptors (Lipinski definition) is 5. The van der Waals surface area contributed by atoms with E-state index in [-0.39, 0.29) is 29.4 Å². The smallest absolute Gasteiger partial charge is 0.243 e. The van der Waals surface area contributed by atoms with Gasteiger partial charge in [-0.1, -0.05) is 0 Å². The average Bonchev–Trinajstić information content (AvgIpc) is 3.46. The topological polar surface area (TPSA) is 96.0 Å². The molecular formula is C21H29N3O5S. The Morgan fingerprint density at radius 2 is 1.97 bits per heavy atom. The second-order valence-electron chi connectivity index (χ2n) is 8.75. The van der Waals surface area contributed by atoms with E-state index in [0.717, 1.165) is 32.3 Å². The molecule has 1 N–H and O–H groups in total. The molecule has 1 aromatic carbocycles. The maximum Gasteiger partial charge on any atom is 0.243 e. The highest BCUT2D eigenvalue weighted by molar-refractivity contribution is 7.89. The first-order valence-corrected chi connectivity index (χ1v) is 12.0. The minimum Gasteiger partial charge on any atom is -0.376 e. The van der Waals surface area contributed by atoms with Crippen molar-refractivity contribution in [3.63, 3.8) is 0 Å². The molecule has 0 saturated carbocycles. The van der Waals surface area contributed by atoms with Crippen LogP contribution in [-0.4, -0.2) is 63.4 Å². The van der Waals surface area contributed by atoms with Crippen molar-refractivity contribution in [1.82, 2.24) is 9.62 Å². The number of anilines is 1. The lowest BCUT2D eigenvalue weighted by molar-refractivity contribution is -0.125. The zero-order valence-electron chi connectivity index (χ0n) is 17.5. The van der Waals surface area contributed by atoms with E-state index < -0.39 is 15.4 Å². The number of nitrogens with zero attached hydrogens (tertiary/aromatic N) is 2. The molecule has 0 unspecified atom stereocenters. The van der Waals surface area contributed by atoms with Crippen LogP contribution in [0, 0.1) is 0 Å². The van der Waals surface area contributed by atoms with Crippen molar-refractivity contribution in [1.29, 1.82) is 0 Å². The van der Waals surface area contributed by atoms with Crippen LogP contribution in [0.15, 0.2) is 23.1 Å². The van der Waals surface area contributed by atoms with Crippen LogP contribution in [0.1, 0.15) is 45.1 Å². The minimum atomic E-state index is -3.58. The largest absolute Gasteiger partial charge is 0.376 e. The lowest BCUT2D eigenvalue weighted by Crippen LogP contribution is -2.44. The Kier molecular flexibility index (Phi) is 5.63. The Labute approximate surface area is 177 Å². The third-order valence-electron chi connectivity index (χ3n) is 6.27. The molecule has 2 saturated heterocycles. The predicted octanol–water partition coefficient (Wildman–Crippen LogP) is 1.39. The number of hydrogen-bond donors (Lipinski definition) is 1. The highest BCUT2D eigenvalue weighted by Crippen LogP contribution is 2.42. The first-order chi connectivity index (χ1) is 14.2. The second kappa shape index (κ2) is 7.94. The van der Waals surface area contributed by atoms with Gasteiger partial charge >= 0.3 is 0 Å². The number of fused-ring (bicyclic) bond motifs is 1. The lowest BCUT2D eigenvalue weighted by Gasteiger charge is -2.20. The fourth-order valence-electron chi connectivity index (χ4n) is 4.44. The van der Waals surface area contributed by atoms with Crippen LogP contribution >= 0.6 is 0 Å². The predicted molar refractivity (Wildman–Crippen MR) is 112 cm³/mol. The molecule has 1 atom stereocenters. The maximum absolute atomic E-state index is 13.1. The summed E-state index contributed by atoms with van der Waals surface area (Å²) in [6.45, 7) is 5.65. The molecule has 2 amide bonds. The second-order valence-corrected chi connectivity index (χ2v) is 10.7. The lowest BCUT2D eigenvalue weighted by atomic mass is 9.86. The summed E-state index contributed by atoms with van der Waals surface area (Å²) in [6.07, 6.45) is 3.68. The van der Waals surface area contributed by atoms with Crippen LogP contribution in [0.4, 0.5) is 5.69 Å². The molecule has 0 aromatic heterocycles. The molecular weight excluding hydrogens is 406 g/mol. The van der Waals surface area contributed by atoms with Crippen molar-refractivity contribution in [2.75, 3.05) is 37.7 Å². The van der Waals surface area contributed by atoms with Gasteiger partial charge in [0.15, 0.2) is 0 Å². The van der Waals surface area contributed by atoms with Crippen LogP contribution in [0.25, 0.3) is 0 Å². The Morgan fingerprint density at radius 1 is 1.23 bits per heavy atom. The van der Waals surface area contributed by atoms with Gasteiger partial charge in [0.1, 0.15) is 6.54 Å². The maximum atomic E-state index is 13.1. The average molecular weight is 436 g/mol. The van der Waals surface area contributed by atoms with Gasteiger partial charge in [0.05, 0.1) is 16.4 Å². The third-order valence-corrected chi connectivity index (χ3v) is 8.16. The Morgan fingerprint density at radius 3 is 2.63 bits per heavy atom. The summed E-state index contributed by atoms with van der Waals surface area (Å²) in [5.74, 6) is -0.461. The van der Waals surface area contributed by atoms with Gasteiger partial charge in [-0.15, -0.1) is 0 Å². The van der Waals surface area contributed by atoms with Gasteiger partial charge in [0.25, 0.3) is 0 Å². The van der Waals surface area contributed by atoms with Crippen LogP contribution < -0.4 is 10.2 Å². The Hall–Kier alpha value is -1.97. The van der Waals surface area contributed by atoms with E-state index in [0.29, 0.717) is 30.9 Å². The normalized spacial score (nSPS) is 23.7. The number of carbonyl (C=O) groups is 2. The van der Waals surface area contributed by atoms with Crippen molar-refractivity contribution in [2.45, 2.75) is 55.9 Å². The van der Waals surface area contributed by atoms with Gasteiger partial charge in [0.2, 0.25) is 21.8 Å². The summed E-state index contributed by atoms with van der Waals surface area (Å²) in [4.78, 5) is 27.2. The Balaban J connectivity index is 1.54. The molecule has 0 spiro atoms. The van der Waals surface area contributed by atoms with Gasteiger partial charge in [-0.2, -0.15) is 4.31 Å². The van der Waals surface area contributed by atoms with Crippen molar-refractivity contribution in [3.05, 3.63) is 23.8 Å². The number of rotatable bonds is 6. The summed E-state index contributed by atoms with van der Waals surface area (Å²) in [7, 11) is -3.58. The van der Waals surface area contributed by atoms with Crippen molar-refractivity contribution in [3.8, 4) is 0 Å². The Bertz CT molecular complexity index is 947. The van der Waals surface area contributed by atoms with E-state index in [4.69, 9.17) is 4.74 Å². The molecule has 4 rings (SSSR count). The highest BCUT2D eigenvalue weighted by Gasteiger charge is 2.45. The molecule has 164 valence electrons. The molecule has 1 aromatic rings. The van der Waals surface area contributed by atoms with Gasteiger partial charge in [-0.25, -0.2) is 8.42 Å². The molecule has 0 bridgehead atoms. The zero-order chi connectivity index (χ0) is 21.5. The summed E-state index contributed by atoms with van der Waals surface area (Å²) in [5.41, 5.74) is 0.332. The summed E-state index contributed by atoms with van der Waals surface area (Å²) >= 11 is 0. The number of benzene rings is 1. The SMILES string of the molecule is CC1(C)C(=O)N(CC(=O)NC[C@@H]2CCCO2)c2ccc(S(=O)(=O)N3CCCC3)cc21. The number of amides is 2. The number of ether oxygens (including phenoxy) is 1. The van der Waals surface area contributed by atoms with E-state index in [9.17, 15) is 18.0 Å². The van der Waals surface area contributed by atoms with Crippen molar-refractivity contribution < 1.29 is 22.7 Å². The monoisotopic (exact) mass is 435 g/mol. The fourth-order valence-corrected chi connectivity index (χ4v) is 5.98. The molecule has 30 heavy (non-hydrogen) atoms. The van der Waals surface area contributed by atoms with Crippen LogP contribution in [0.3, 0.4) is 0 Å². The quantitative estimate of drug-likeness (QED) is 0.729. The summed E-state index contributed by atoms with van der Waals surface area (Å²) in [5, 5.41) is 2.84. The number of carbonyl (C=O) groups excluding carboxylic acids is 2. The number of nitrogens with one attached hydrogen (secondary N) is 1. The molecule has 3 aliphatic rings. The molecule has 2 fully saturated rings. The van der Waals surface area contributed by atoms with Gasteiger partial charge in [-0.3, -0.25) is 9.59 Å². The molecule has 9 heteroatoms. The molecule has 3 heterocycles. The fraction of sp³-hybridized carbons (Fsp3) is 0.619. The van der Waals surface area contributed by atoms with Gasteiger partial charge < -0.3 is 15.0 Å². The minimum absolute atomic E-state index is 0.0327. The van der Waals surface area contributed by atoms with Crippen LogP contribution in [0.2, 0.25) is 0 Å². The first-order valence-electron chi connectivity index (χ1n) is 10.6. The van der Waals surface area contributed by atoms with Gasteiger partial charge in [-0.05, 0) is 63.3 Å². The van der Waals surface area contributed by atoms with E-state index in [1.165, 1.54) is 9.21 Å². The molecule has 3 aliphatic heterocycles. The zero-order valence-corrected chi connectivity index (χ0v) is 18.3. The number of sulfonamides is 1. The molecule has 8 nitrogen and oxygen atoms in total. The highest BCUT2D eigenvalue weighted by atomic mass is 32.2.